The van der Waals surface area contributed by atoms with Crippen LogP contribution >= 0.6 is 0 Å². The SMILES string of the molecule is CC(CN(C)C(=O)NCC1CCC(F)(F)C1)C(=O)O. The third kappa shape index (κ3) is 5.00. The second-order valence-corrected chi connectivity index (χ2v) is 5.27. The fourth-order valence-corrected chi connectivity index (χ4v) is 2.15. The van der Waals surface area contributed by atoms with E-state index in [4.69, 9.17) is 5.11 Å². The Morgan fingerprint density at radius 2 is 2.16 bits per heavy atom. The molecule has 1 fully saturated rings. The molecule has 1 saturated carbocycles. The highest BCUT2D eigenvalue weighted by Gasteiger charge is 2.39. The molecule has 2 N–H and O–H groups in total. The quantitative estimate of drug-likeness (QED) is 0.805. The summed E-state index contributed by atoms with van der Waals surface area (Å²) in [6.45, 7) is 1.80. The van der Waals surface area contributed by atoms with E-state index in [1.807, 2.05) is 0 Å². The minimum atomic E-state index is -2.61. The minimum Gasteiger partial charge on any atom is -0.481 e. The van der Waals surface area contributed by atoms with E-state index in [9.17, 15) is 18.4 Å². The Kier molecular flexibility index (Phi) is 5.08. The molecule has 7 heteroatoms. The van der Waals surface area contributed by atoms with Gasteiger partial charge in [-0.05, 0) is 12.3 Å². The molecule has 0 saturated heterocycles. The van der Waals surface area contributed by atoms with Gasteiger partial charge in [-0.25, -0.2) is 13.6 Å². The van der Waals surface area contributed by atoms with Gasteiger partial charge in [-0.15, -0.1) is 0 Å². The summed E-state index contributed by atoms with van der Waals surface area (Å²) in [7, 11) is 1.48. The van der Waals surface area contributed by atoms with E-state index in [1.54, 1.807) is 0 Å². The summed E-state index contributed by atoms with van der Waals surface area (Å²) in [6.07, 6.45) is 0.0878. The zero-order valence-electron chi connectivity index (χ0n) is 11.2. The second-order valence-electron chi connectivity index (χ2n) is 5.27. The van der Waals surface area contributed by atoms with Crippen LogP contribution in [-0.4, -0.2) is 48.1 Å². The molecule has 0 aromatic heterocycles. The maximum Gasteiger partial charge on any atom is 0.317 e. The maximum atomic E-state index is 13.0. The molecule has 110 valence electrons. The van der Waals surface area contributed by atoms with Crippen molar-refractivity contribution in [1.82, 2.24) is 10.2 Å². The van der Waals surface area contributed by atoms with Crippen molar-refractivity contribution in [2.24, 2.45) is 11.8 Å². The molecular weight excluding hydrogens is 258 g/mol. The number of aliphatic carboxylic acids is 1. The normalized spacial score (nSPS) is 22.8. The van der Waals surface area contributed by atoms with Gasteiger partial charge in [0.2, 0.25) is 5.92 Å². The van der Waals surface area contributed by atoms with Crippen molar-refractivity contribution >= 4 is 12.0 Å². The van der Waals surface area contributed by atoms with Crippen LogP contribution < -0.4 is 5.32 Å². The lowest BCUT2D eigenvalue weighted by molar-refractivity contribution is -0.141. The molecule has 0 spiro atoms. The van der Waals surface area contributed by atoms with Gasteiger partial charge in [-0.1, -0.05) is 6.92 Å². The Labute approximate surface area is 111 Å². The highest BCUT2D eigenvalue weighted by atomic mass is 19.3. The molecule has 0 aromatic carbocycles. The predicted octanol–water partition coefficient (Wildman–Crippen LogP) is 1.78. The molecule has 0 radical (unpaired) electrons. The van der Waals surface area contributed by atoms with Crippen LogP contribution in [0.25, 0.3) is 0 Å². The number of nitrogens with zero attached hydrogens (tertiary/aromatic N) is 1. The number of halogens is 2. The highest BCUT2D eigenvalue weighted by Crippen LogP contribution is 2.38. The van der Waals surface area contributed by atoms with E-state index >= 15 is 0 Å². The van der Waals surface area contributed by atoms with E-state index in [0.29, 0.717) is 6.42 Å². The molecule has 1 rings (SSSR count). The fraction of sp³-hybridized carbons (Fsp3) is 0.833. The number of alkyl halides is 2. The van der Waals surface area contributed by atoms with Crippen molar-refractivity contribution in [1.29, 1.82) is 0 Å². The van der Waals surface area contributed by atoms with Gasteiger partial charge in [0.05, 0.1) is 5.92 Å². The lowest BCUT2D eigenvalue weighted by Crippen LogP contribution is -2.42. The van der Waals surface area contributed by atoms with E-state index in [2.05, 4.69) is 5.32 Å². The first-order chi connectivity index (χ1) is 8.71. The van der Waals surface area contributed by atoms with E-state index < -0.39 is 23.8 Å². The number of carbonyl (C=O) groups is 2. The number of carboxylic acids is 1. The van der Waals surface area contributed by atoms with E-state index in [-0.39, 0.29) is 31.8 Å². The van der Waals surface area contributed by atoms with Gasteiger partial charge in [0.25, 0.3) is 0 Å². The fourth-order valence-electron chi connectivity index (χ4n) is 2.15. The number of hydrogen-bond acceptors (Lipinski definition) is 2. The molecule has 0 aliphatic heterocycles. The van der Waals surface area contributed by atoms with E-state index in [1.165, 1.54) is 18.9 Å². The molecule has 1 aliphatic rings. The maximum absolute atomic E-state index is 13.0. The number of carbonyl (C=O) groups excluding carboxylic acids is 1. The molecule has 1 aliphatic carbocycles. The minimum absolute atomic E-state index is 0.0853. The van der Waals surface area contributed by atoms with Crippen LogP contribution in [0.5, 0.6) is 0 Å². The Hall–Kier alpha value is -1.40. The molecule has 2 unspecified atom stereocenters. The summed E-state index contributed by atoms with van der Waals surface area (Å²) in [6, 6.07) is -0.427. The van der Waals surface area contributed by atoms with Gasteiger partial charge < -0.3 is 15.3 Å². The molecule has 19 heavy (non-hydrogen) atoms. The molecule has 0 bridgehead atoms. The first kappa shape index (κ1) is 15.7. The molecular formula is C12H20F2N2O3. The van der Waals surface area contributed by atoms with Crippen LogP contribution in [0.1, 0.15) is 26.2 Å². The van der Waals surface area contributed by atoms with Crippen molar-refractivity contribution < 1.29 is 23.5 Å². The van der Waals surface area contributed by atoms with Crippen LogP contribution in [0.2, 0.25) is 0 Å². The van der Waals surface area contributed by atoms with Crippen molar-refractivity contribution in [2.45, 2.75) is 32.1 Å². The van der Waals surface area contributed by atoms with Gasteiger partial charge in [0.1, 0.15) is 0 Å². The Balaban J connectivity index is 2.29. The number of carboxylic acid groups (broad SMARTS) is 1. The van der Waals surface area contributed by atoms with Crippen LogP contribution in [0.15, 0.2) is 0 Å². The summed E-state index contributed by atoms with van der Waals surface area (Å²) in [5.74, 6) is -4.45. The summed E-state index contributed by atoms with van der Waals surface area (Å²) in [5.41, 5.74) is 0. The van der Waals surface area contributed by atoms with Crippen LogP contribution in [-0.2, 0) is 4.79 Å². The van der Waals surface area contributed by atoms with Gasteiger partial charge in [0, 0.05) is 33.0 Å². The Bertz CT molecular complexity index is 350. The number of rotatable bonds is 5. The number of hydrogen-bond donors (Lipinski definition) is 2. The monoisotopic (exact) mass is 278 g/mol. The second kappa shape index (κ2) is 6.16. The topological polar surface area (TPSA) is 69.6 Å². The average molecular weight is 278 g/mol. The zero-order chi connectivity index (χ0) is 14.6. The van der Waals surface area contributed by atoms with Crippen LogP contribution in [0.4, 0.5) is 13.6 Å². The number of amides is 2. The Morgan fingerprint density at radius 1 is 1.53 bits per heavy atom. The first-order valence-electron chi connectivity index (χ1n) is 6.31. The molecule has 0 heterocycles. The van der Waals surface area contributed by atoms with Gasteiger partial charge in [0.15, 0.2) is 0 Å². The standard InChI is InChI=1S/C12H20F2N2O3/c1-8(10(17)18)7-16(2)11(19)15-6-9-3-4-12(13,14)5-9/h8-9H,3-7H2,1-2H3,(H,15,19)(H,17,18). The summed E-state index contributed by atoms with van der Waals surface area (Å²) in [4.78, 5) is 23.6. The first-order valence-corrected chi connectivity index (χ1v) is 6.31. The van der Waals surface area contributed by atoms with Crippen molar-refractivity contribution in [3.05, 3.63) is 0 Å². The van der Waals surface area contributed by atoms with E-state index in [0.717, 1.165) is 0 Å². The van der Waals surface area contributed by atoms with Gasteiger partial charge in [-0.3, -0.25) is 4.79 Å². The molecule has 2 amide bonds. The predicted molar refractivity (Wildman–Crippen MR) is 65.1 cm³/mol. The highest BCUT2D eigenvalue weighted by molar-refractivity contribution is 5.75. The van der Waals surface area contributed by atoms with Crippen molar-refractivity contribution in [3.8, 4) is 0 Å². The smallest absolute Gasteiger partial charge is 0.317 e. The van der Waals surface area contributed by atoms with Crippen LogP contribution in [0.3, 0.4) is 0 Å². The summed E-state index contributed by atoms with van der Waals surface area (Å²) < 4.78 is 25.9. The molecule has 2 atom stereocenters. The zero-order valence-corrected chi connectivity index (χ0v) is 11.2. The third-order valence-corrected chi connectivity index (χ3v) is 3.36. The Morgan fingerprint density at radius 3 is 2.63 bits per heavy atom. The van der Waals surface area contributed by atoms with Gasteiger partial charge >= 0.3 is 12.0 Å². The van der Waals surface area contributed by atoms with Gasteiger partial charge in [-0.2, -0.15) is 0 Å². The van der Waals surface area contributed by atoms with Crippen LogP contribution in [0, 0.1) is 11.8 Å². The summed E-state index contributed by atoms with van der Waals surface area (Å²) >= 11 is 0. The summed E-state index contributed by atoms with van der Waals surface area (Å²) in [5, 5.41) is 11.3. The number of nitrogens with one attached hydrogen (secondary N) is 1. The lowest BCUT2D eigenvalue weighted by atomic mass is 10.1. The number of urea groups is 1. The molecule has 5 nitrogen and oxygen atoms in total. The third-order valence-electron chi connectivity index (χ3n) is 3.36. The largest absolute Gasteiger partial charge is 0.481 e. The lowest BCUT2D eigenvalue weighted by Gasteiger charge is -2.21. The average Bonchev–Trinajstić information content (AvgIpc) is 2.65. The van der Waals surface area contributed by atoms with Crippen molar-refractivity contribution in [2.75, 3.05) is 20.1 Å². The molecule has 0 aromatic rings. The van der Waals surface area contributed by atoms with Crippen molar-refractivity contribution in [3.63, 3.8) is 0 Å².